The van der Waals surface area contributed by atoms with Crippen molar-refractivity contribution in [2.24, 2.45) is 0 Å². The highest BCUT2D eigenvalue weighted by atomic mass is 35.5. The van der Waals surface area contributed by atoms with E-state index in [0.717, 1.165) is 16.3 Å². The van der Waals surface area contributed by atoms with Gasteiger partial charge in [-0.3, -0.25) is 0 Å². The lowest BCUT2D eigenvalue weighted by Gasteiger charge is -1.96. The van der Waals surface area contributed by atoms with Crippen molar-refractivity contribution in [1.29, 1.82) is 0 Å². The van der Waals surface area contributed by atoms with Crippen LogP contribution < -0.4 is 11.9 Å². The van der Waals surface area contributed by atoms with Crippen molar-refractivity contribution in [3.05, 3.63) is 28.8 Å². The minimum Gasteiger partial charge on any atom is -0.399 e. The molecule has 1 aromatic carbocycles. The third-order valence-corrected chi connectivity index (χ3v) is 1.61. The number of rotatable bonds is 0. The quantitative estimate of drug-likeness (QED) is 0.570. The minimum absolute atomic E-state index is 0. The molecular weight excluding hydrogens is 148 g/mol. The number of hydrogen-bond donors (Lipinski definition) is 2. The van der Waals surface area contributed by atoms with Gasteiger partial charge in [-0.1, -0.05) is 11.6 Å². The summed E-state index contributed by atoms with van der Waals surface area (Å²) in [6, 6.07) is 5.43. The van der Waals surface area contributed by atoms with Gasteiger partial charge in [-0.25, -0.2) is 0 Å². The van der Waals surface area contributed by atoms with Crippen LogP contribution in [0.4, 0.5) is 5.69 Å². The lowest BCUT2D eigenvalue weighted by Crippen LogP contribution is -1.84. The van der Waals surface area contributed by atoms with Crippen LogP contribution in [0.25, 0.3) is 0 Å². The summed E-state index contributed by atoms with van der Waals surface area (Å²) in [6.07, 6.45) is 0. The maximum Gasteiger partial charge on any atom is 0.0436 e. The second-order valence-corrected chi connectivity index (χ2v) is 2.42. The molecule has 10 heavy (non-hydrogen) atoms. The van der Waals surface area contributed by atoms with Crippen LogP contribution >= 0.6 is 11.6 Å². The SMILES string of the molecule is Cc1cc(N)ccc1Cl.N. The number of nitrogens with two attached hydrogens (primary N) is 1. The molecule has 0 aliphatic rings. The Labute approximate surface area is 65.6 Å². The van der Waals surface area contributed by atoms with E-state index in [2.05, 4.69) is 0 Å². The van der Waals surface area contributed by atoms with Crippen molar-refractivity contribution in [3.8, 4) is 0 Å². The van der Waals surface area contributed by atoms with E-state index in [-0.39, 0.29) is 6.15 Å². The second kappa shape index (κ2) is 3.44. The molecule has 0 amide bonds. The van der Waals surface area contributed by atoms with E-state index < -0.39 is 0 Å². The Morgan fingerprint density at radius 3 is 2.40 bits per heavy atom. The highest BCUT2D eigenvalue weighted by molar-refractivity contribution is 6.31. The van der Waals surface area contributed by atoms with Crippen LogP contribution in [0.5, 0.6) is 0 Å². The summed E-state index contributed by atoms with van der Waals surface area (Å²) in [5.41, 5.74) is 7.25. The van der Waals surface area contributed by atoms with Gasteiger partial charge in [0.1, 0.15) is 0 Å². The summed E-state index contributed by atoms with van der Waals surface area (Å²) < 4.78 is 0. The zero-order chi connectivity index (χ0) is 6.85. The summed E-state index contributed by atoms with van der Waals surface area (Å²) >= 11 is 5.73. The van der Waals surface area contributed by atoms with Gasteiger partial charge in [0.05, 0.1) is 0 Å². The van der Waals surface area contributed by atoms with Crippen molar-refractivity contribution in [2.75, 3.05) is 5.73 Å². The van der Waals surface area contributed by atoms with Gasteiger partial charge < -0.3 is 11.9 Å². The summed E-state index contributed by atoms with van der Waals surface area (Å²) in [5, 5.41) is 0.768. The molecule has 5 N–H and O–H groups in total. The monoisotopic (exact) mass is 158 g/mol. The first-order valence-corrected chi connectivity index (χ1v) is 3.09. The fourth-order valence-electron chi connectivity index (χ4n) is 0.668. The third kappa shape index (κ3) is 1.90. The van der Waals surface area contributed by atoms with Crippen LogP contribution in [0, 0.1) is 6.92 Å². The zero-order valence-corrected chi connectivity index (χ0v) is 6.65. The fourth-order valence-corrected chi connectivity index (χ4v) is 0.785. The van der Waals surface area contributed by atoms with Crippen LogP contribution in [0.3, 0.4) is 0 Å². The van der Waals surface area contributed by atoms with Crippen LogP contribution in [0.15, 0.2) is 18.2 Å². The Morgan fingerprint density at radius 1 is 1.40 bits per heavy atom. The number of nitrogen functional groups attached to an aromatic ring is 1. The van der Waals surface area contributed by atoms with Crippen molar-refractivity contribution in [2.45, 2.75) is 6.92 Å². The first kappa shape index (κ1) is 9.27. The predicted octanol–water partition coefficient (Wildman–Crippen LogP) is 2.39. The van der Waals surface area contributed by atoms with E-state index in [4.69, 9.17) is 17.3 Å². The summed E-state index contributed by atoms with van der Waals surface area (Å²) in [7, 11) is 0. The van der Waals surface area contributed by atoms with E-state index in [1.807, 2.05) is 13.0 Å². The molecule has 56 valence electrons. The molecule has 1 aromatic rings. The van der Waals surface area contributed by atoms with Gasteiger partial charge in [-0.15, -0.1) is 0 Å². The van der Waals surface area contributed by atoms with E-state index in [0.29, 0.717) is 0 Å². The first-order valence-electron chi connectivity index (χ1n) is 2.72. The first-order chi connectivity index (χ1) is 4.20. The molecule has 0 unspecified atom stereocenters. The smallest absolute Gasteiger partial charge is 0.0436 e. The van der Waals surface area contributed by atoms with Gasteiger partial charge >= 0.3 is 0 Å². The lowest BCUT2D eigenvalue weighted by atomic mass is 10.2. The Kier molecular flexibility index (Phi) is 3.19. The maximum atomic E-state index is 5.73. The lowest BCUT2D eigenvalue weighted by molar-refractivity contribution is 1.47. The number of halogens is 1. The summed E-state index contributed by atoms with van der Waals surface area (Å²) in [5.74, 6) is 0. The molecule has 0 atom stereocenters. The van der Waals surface area contributed by atoms with Gasteiger partial charge in [0.25, 0.3) is 0 Å². The number of hydrogen-bond acceptors (Lipinski definition) is 2. The van der Waals surface area contributed by atoms with Crippen LogP contribution in [-0.2, 0) is 0 Å². The number of anilines is 1. The van der Waals surface area contributed by atoms with E-state index in [9.17, 15) is 0 Å². The van der Waals surface area contributed by atoms with Crippen molar-refractivity contribution in [3.63, 3.8) is 0 Å². The average molecular weight is 159 g/mol. The highest BCUT2D eigenvalue weighted by Crippen LogP contribution is 2.16. The van der Waals surface area contributed by atoms with Crippen LogP contribution in [0.2, 0.25) is 5.02 Å². The second-order valence-electron chi connectivity index (χ2n) is 2.01. The standard InChI is InChI=1S/C7H8ClN.H3N/c1-5-4-6(9)2-3-7(5)8;/h2-4H,9H2,1H3;1H3. The summed E-state index contributed by atoms with van der Waals surface area (Å²) in [6.45, 7) is 1.93. The topological polar surface area (TPSA) is 61.0 Å². The molecule has 0 radical (unpaired) electrons. The Hall–Kier alpha value is -0.730. The fraction of sp³-hybridized carbons (Fsp3) is 0.143. The highest BCUT2D eigenvalue weighted by Gasteiger charge is 1.91. The maximum absolute atomic E-state index is 5.73. The Bertz CT molecular complexity index is 223. The normalized spacial score (nSPS) is 8.60. The molecule has 0 aliphatic carbocycles. The minimum atomic E-state index is 0. The predicted molar refractivity (Wildman–Crippen MR) is 45.6 cm³/mol. The van der Waals surface area contributed by atoms with Gasteiger partial charge in [0.2, 0.25) is 0 Å². The molecule has 0 aliphatic heterocycles. The van der Waals surface area contributed by atoms with Crippen LogP contribution in [0.1, 0.15) is 5.56 Å². The van der Waals surface area contributed by atoms with Gasteiger partial charge in [0, 0.05) is 10.7 Å². The molecule has 0 spiro atoms. The van der Waals surface area contributed by atoms with Gasteiger partial charge in [0.15, 0.2) is 0 Å². The average Bonchev–Trinajstić information content (AvgIpc) is 1.80. The number of aryl methyl sites for hydroxylation is 1. The van der Waals surface area contributed by atoms with E-state index in [1.54, 1.807) is 12.1 Å². The molecule has 1 rings (SSSR count). The van der Waals surface area contributed by atoms with Crippen molar-refractivity contribution in [1.82, 2.24) is 6.15 Å². The zero-order valence-electron chi connectivity index (χ0n) is 5.89. The molecule has 0 fully saturated rings. The molecule has 2 nitrogen and oxygen atoms in total. The molecule has 0 heterocycles. The number of benzene rings is 1. The van der Waals surface area contributed by atoms with Gasteiger partial charge in [-0.05, 0) is 30.7 Å². The molecule has 3 heteroatoms. The molecule has 0 aromatic heterocycles. The molecule has 0 saturated carbocycles. The van der Waals surface area contributed by atoms with E-state index >= 15 is 0 Å². The van der Waals surface area contributed by atoms with Gasteiger partial charge in [-0.2, -0.15) is 0 Å². The molecular formula is C7H11ClN2. The van der Waals surface area contributed by atoms with Crippen molar-refractivity contribution < 1.29 is 0 Å². The van der Waals surface area contributed by atoms with E-state index in [1.165, 1.54) is 0 Å². The van der Waals surface area contributed by atoms with Crippen LogP contribution in [-0.4, -0.2) is 0 Å². The largest absolute Gasteiger partial charge is 0.399 e. The Morgan fingerprint density at radius 2 is 2.00 bits per heavy atom. The molecule has 0 bridgehead atoms. The molecule has 0 saturated heterocycles. The third-order valence-electron chi connectivity index (χ3n) is 1.18. The Balaban J connectivity index is 0.000000810. The van der Waals surface area contributed by atoms with Crippen molar-refractivity contribution >= 4 is 17.3 Å². The summed E-state index contributed by atoms with van der Waals surface area (Å²) in [4.78, 5) is 0.